The van der Waals surface area contributed by atoms with E-state index in [1.54, 1.807) is 24.3 Å². The molecule has 0 atom stereocenters. The van der Waals surface area contributed by atoms with Crippen molar-refractivity contribution in [1.82, 2.24) is 0 Å². The van der Waals surface area contributed by atoms with Crippen LogP contribution in [0.25, 0.3) is 23.3 Å². The largest absolute Gasteiger partial charge is 0.508 e. The van der Waals surface area contributed by atoms with E-state index in [9.17, 15) is 15.5 Å². The van der Waals surface area contributed by atoms with Gasteiger partial charge in [-0.25, -0.2) is 0 Å². The Hall–Kier alpha value is -3.77. The minimum absolute atomic E-state index is 0.243. The molecule has 0 unspecified atom stereocenters. The summed E-state index contributed by atoms with van der Waals surface area (Å²) in [4.78, 5) is 0. The number of rotatable bonds is 2. The molecule has 3 heteroatoms. The predicted molar refractivity (Wildman–Crippen MR) is 101 cm³/mol. The normalized spacial score (nSPS) is 13.3. The van der Waals surface area contributed by atoms with Gasteiger partial charge in [-0.05, 0) is 69.8 Å². The van der Waals surface area contributed by atoms with E-state index in [1.165, 1.54) is 0 Å². The summed E-state index contributed by atoms with van der Waals surface area (Å²) in [5.41, 5.74) is 8.54. The van der Waals surface area contributed by atoms with Crippen molar-refractivity contribution in [2.45, 2.75) is 0 Å². The van der Waals surface area contributed by atoms with Crippen LogP contribution in [0.1, 0.15) is 38.9 Å². The molecule has 0 aliphatic heterocycles. The Labute approximate surface area is 150 Å². The Bertz CT molecular complexity index is 1120. The van der Waals surface area contributed by atoms with E-state index >= 15 is 0 Å². The number of hydrogen-bond donors (Lipinski definition) is 2. The van der Waals surface area contributed by atoms with Gasteiger partial charge in [-0.3, -0.25) is 0 Å². The summed E-state index contributed by atoms with van der Waals surface area (Å²) in [7, 11) is 0. The molecule has 0 spiro atoms. The Balaban J connectivity index is 1.61. The highest BCUT2D eigenvalue weighted by Gasteiger charge is 2.25. The monoisotopic (exact) mass is 335 g/mol. The lowest BCUT2D eigenvalue weighted by molar-refractivity contribution is 0.474. The third-order valence-corrected chi connectivity index (χ3v) is 5.01. The first-order valence-corrected chi connectivity index (χ1v) is 8.30. The molecule has 0 bridgehead atoms. The molecule has 0 heterocycles. The standard InChI is InChI=1S/C23H13NO2/c24-12-23-19(21-10-13-8-15(25)4-6-17(13)21)2-1-3-20(23)22-11-14-9-16(26)5-7-18(14)22/h1-11,25-26H. The highest BCUT2D eigenvalue weighted by Crippen LogP contribution is 2.44. The highest BCUT2D eigenvalue weighted by molar-refractivity contribution is 6.08. The lowest BCUT2D eigenvalue weighted by Crippen LogP contribution is -2.06. The molecule has 26 heavy (non-hydrogen) atoms. The molecule has 0 radical (unpaired) electrons. The molecule has 0 fully saturated rings. The van der Waals surface area contributed by atoms with Crippen molar-refractivity contribution in [2.75, 3.05) is 0 Å². The van der Waals surface area contributed by atoms with Crippen LogP contribution in [0.4, 0.5) is 0 Å². The molecule has 0 saturated carbocycles. The van der Waals surface area contributed by atoms with E-state index in [2.05, 4.69) is 6.07 Å². The summed E-state index contributed by atoms with van der Waals surface area (Å²) in [5, 5.41) is 29.0. The average molecular weight is 335 g/mol. The fourth-order valence-electron chi connectivity index (χ4n) is 3.71. The first-order valence-electron chi connectivity index (χ1n) is 8.30. The van der Waals surface area contributed by atoms with Gasteiger partial charge in [-0.2, -0.15) is 5.26 Å². The summed E-state index contributed by atoms with van der Waals surface area (Å²) in [6.45, 7) is 0. The zero-order chi connectivity index (χ0) is 17.8. The topological polar surface area (TPSA) is 64.2 Å². The summed E-state index contributed by atoms with van der Waals surface area (Å²) < 4.78 is 0. The Morgan fingerprint density at radius 2 is 1.15 bits per heavy atom. The molecule has 122 valence electrons. The minimum atomic E-state index is 0.243. The first-order chi connectivity index (χ1) is 12.7. The van der Waals surface area contributed by atoms with Crippen molar-refractivity contribution in [3.05, 3.63) is 93.5 Å². The van der Waals surface area contributed by atoms with E-state index in [4.69, 9.17) is 0 Å². The van der Waals surface area contributed by atoms with Crippen molar-refractivity contribution in [3.8, 4) is 17.6 Å². The molecule has 3 nitrogen and oxygen atoms in total. The van der Waals surface area contributed by atoms with Gasteiger partial charge in [0.2, 0.25) is 0 Å². The summed E-state index contributed by atoms with van der Waals surface area (Å²) in [5.74, 6) is 0.487. The number of phenols is 2. The number of benzene rings is 3. The number of hydrogen-bond acceptors (Lipinski definition) is 3. The molecule has 2 aliphatic carbocycles. The maximum absolute atomic E-state index is 9.84. The SMILES string of the molecule is N#Cc1c(C2=Cc3cc(O)ccc32)cccc1C1=Cc2cc(O)ccc21. The molecule has 3 aromatic rings. The maximum atomic E-state index is 9.84. The fraction of sp³-hybridized carbons (Fsp3) is 0. The van der Waals surface area contributed by atoms with E-state index in [1.807, 2.05) is 42.5 Å². The number of phenolic OH excluding ortho intramolecular Hbond substituents is 2. The van der Waals surface area contributed by atoms with Gasteiger partial charge in [0.15, 0.2) is 0 Å². The van der Waals surface area contributed by atoms with Crippen LogP contribution in [0.15, 0.2) is 54.6 Å². The van der Waals surface area contributed by atoms with Crippen molar-refractivity contribution < 1.29 is 10.2 Å². The Morgan fingerprint density at radius 3 is 1.58 bits per heavy atom. The molecule has 0 amide bonds. The van der Waals surface area contributed by atoms with Crippen LogP contribution in [0.2, 0.25) is 0 Å². The van der Waals surface area contributed by atoms with Gasteiger partial charge < -0.3 is 10.2 Å². The van der Waals surface area contributed by atoms with Crippen LogP contribution < -0.4 is 0 Å². The van der Waals surface area contributed by atoms with E-state index in [0.717, 1.165) is 44.5 Å². The lowest BCUT2D eigenvalue weighted by Gasteiger charge is -2.25. The van der Waals surface area contributed by atoms with Crippen LogP contribution in [0.5, 0.6) is 11.5 Å². The first kappa shape index (κ1) is 14.6. The molecule has 2 aliphatic rings. The van der Waals surface area contributed by atoms with Crippen LogP contribution >= 0.6 is 0 Å². The summed E-state index contributed by atoms with van der Waals surface area (Å²) in [6, 6.07) is 18.8. The number of fused-ring (bicyclic) bond motifs is 2. The highest BCUT2D eigenvalue weighted by atomic mass is 16.3. The fourth-order valence-corrected chi connectivity index (χ4v) is 3.71. The van der Waals surface area contributed by atoms with Crippen LogP contribution in [0.3, 0.4) is 0 Å². The van der Waals surface area contributed by atoms with Crippen molar-refractivity contribution in [3.63, 3.8) is 0 Å². The van der Waals surface area contributed by atoms with Crippen molar-refractivity contribution in [2.24, 2.45) is 0 Å². The average Bonchev–Trinajstić information content (AvgIpc) is 2.59. The third kappa shape index (κ3) is 1.93. The van der Waals surface area contributed by atoms with E-state index in [-0.39, 0.29) is 11.5 Å². The van der Waals surface area contributed by atoms with Crippen LogP contribution in [-0.2, 0) is 0 Å². The number of aromatic hydroxyl groups is 2. The van der Waals surface area contributed by atoms with E-state index in [0.29, 0.717) is 5.56 Å². The molecule has 0 saturated heterocycles. The summed E-state index contributed by atoms with van der Waals surface area (Å²) in [6.07, 6.45) is 3.99. The predicted octanol–water partition coefficient (Wildman–Crippen LogP) is 4.77. The van der Waals surface area contributed by atoms with Gasteiger partial charge in [0.25, 0.3) is 0 Å². The van der Waals surface area contributed by atoms with Crippen LogP contribution in [-0.4, -0.2) is 10.2 Å². The Kier molecular flexibility index (Phi) is 2.86. The zero-order valence-electron chi connectivity index (χ0n) is 13.7. The van der Waals surface area contributed by atoms with Gasteiger partial charge in [0, 0.05) is 11.1 Å². The molecular weight excluding hydrogens is 322 g/mol. The second-order valence-corrected chi connectivity index (χ2v) is 6.50. The smallest absolute Gasteiger partial charge is 0.116 e. The van der Waals surface area contributed by atoms with Gasteiger partial charge in [0.1, 0.15) is 17.6 Å². The Morgan fingerprint density at radius 1 is 0.654 bits per heavy atom. The van der Waals surface area contributed by atoms with Gasteiger partial charge >= 0.3 is 0 Å². The van der Waals surface area contributed by atoms with Crippen molar-refractivity contribution >= 4 is 23.3 Å². The molecule has 5 rings (SSSR count). The maximum Gasteiger partial charge on any atom is 0.116 e. The van der Waals surface area contributed by atoms with Crippen molar-refractivity contribution in [1.29, 1.82) is 5.26 Å². The molecule has 3 aromatic carbocycles. The second kappa shape index (κ2) is 5.11. The molecule has 0 aromatic heterocycles. The summed E-state index contributed by atoms with van der Waals surface area (Å²) >= 11 is 0. The third-order valence-electron chi connectivity index (χ3n) is 5.01. The van der Waals surface area contributed by atoms with Gasteiger partial charge in [0.05, 0.1) is 5.56 Å². The van der Waals surface area contributed by atoms with Gasteiger partial charge in [-0.1, -0.05) is 30.3 Å². The number of nitrogens with zero attached hydrogens (tertiary/aromatic N) is 1. The zero-order valence-corrected chi connectivity index (χ0v) is 13.7. The number of nitriles is 1. The second-order valence-electron chi connectivity index (χ2n) is 6.50. The molecular formula is C23H13NO2. The van der Waals surface area contributed by atoms with Crippen LogP contribution in [0, 0.1) is 11.3 Å². The minimum Gasteiger partial charge on any atom is -0.508 e. The molecule has 2 N–H and O–H groups in total. The quantitative estimate of drug-likeness (QED) is 0.488. The lowest BCUT2D eigenvalue weighted by atomic mass is 9.78. The van der Waals surface area contributed by atoms with E-state index < -0.39 is 0 Å². The van der Waals surface area contributed by atoms with Gasteiger partial charge in [-0.15, -0.1) is 0 Å².